The monoisotopic (exact) mass is 384 g/mol. The number of rotatable bonds is 6. The normalized spacial score (nSPS) is 20.5. The minimum Gasteiger partial charge on any atom is -0.466 e. The van der Waals surface area contributed by atoms with E-state index in [4.69, 9.17) is 17.0 Å². The summed E-state index contributed by atoms with van der Waals surface area (Å²) < 4.78 is 7.85. The first-order chi connectivity index (χ1) is 12.2. The van der Waals surface area contributed by atoms with Gasteiger partial charge in [0.05, 0.1) is 19.2 Å². The summed E-state index contributed by atoms with van der Waals surface area (Å²) in [5, 5.41) is 9.17. The van der Waals surface area contributed by atoms with Gasteiger partial charge in [0.25, 0.3) is 0 Å². The molecule has 0 radical (unpaired) electrons. The van der Waals surface area contributed by atoms with E-state index in [0.29, 0.717) is 19.3 Å². The lowest BCUT2D eigenvalue weighted by Gasteiger charge is -2.30. The molecule has 1 aliphatic carbocycles. The molecule has 1 N–H and O–H groups in total. The second-order valence-electron chi connectivity index (χ2n) is 6.94. The number of nitrogens with zero attached hydrogens (tertiary/aromatic N) is 3. The molecule has 0 unspecified atom stereocenters. The molecule has 2 heterocycles. The lowest BCUT2D eigenvalue weighted by molar-refractivity contribution is -0.149. The summed E-state index contributed by atoms with van der Waals surface area (Å²) in [7, 11) is 0. The highest BCUT2D eigenvalue weighted by molar-refractivity contribution is 7.73. The lowest BCUT2D eigenvalue weighted by Crippen LogP contribution is -2.38. The topological polar surface area (TPSA) is 59.4 Å². The minimum atomic E-state index is -0.0496. The van der Waals surface area contributed by atoms with Gasteiger partial charge in [0.1, 0.15) is 0 Å². The predicted octanol–water partition coefficient (Wildman–Crippen LogP) is 3.65. The Bertz CT molecular complexity index is 616. The number of carbonyl (C=O) groups excluding carboxylic acids is 1. The zero-order valence-corrected chi connectivity index (χ0v) is 16.5. The fraction of sp³-hybridized carbons (Fsp3) is 0.824. The number of ether oxygens (including phenoxy) is 1. The van der Waals surface area contributed by atoms with Crippen LogP contribution in [0.25, 0.3) is 0 Å². The summed E-state index contributed by atoms with van der Waals surface area (Å²) in [5.74, 6) is -0.00507. The van der Waals surface area contributed by atoms with E-state index in [1.807, 2.05) is 11.6 Å². The number of piperidine rings is 1. The maximum atomic E-state index is 11.8. The molecule has 0 amide bonds. The predicted molar refractivity (Wildman–Crippen MR) is 102 cm³/mol. The van der Waals surface area contributed by atoms with E-state index in [1.165, 1.54) is 32.1 Å². The Labute approximate surface area is 158 Å². The number of carbonyl (C=O) groups is 1. The second-order valence-corrected chi connectivity index (χ2v) is 8.56. The summed E-state index contributed by atoms with van der Waals surface area (Å²) in [6.07, 6.45) is 8.12. The number of likely N-dealkylation sites (tertiary alicyclic amines) is 1. The highest BCUT2D eigenvalue weighted by Gasteiger charge is 2.26. The molecule has 8 heteroatoms. The minimum absolute atomic E-state index is 0.0446. The van der Waals surface area contributed by atoms with Crippen molar-refractivity contribution in [3.8, 4) is 0 Å². The Morgan fingerprint density at radius 2 is 2.00 bits per heavy atom. The lowest BCUT2D eigenvalue weighted by atomic mass is 9.96. The van der Waals surface area contributed by atoms with Crippen molar-refractivity contribution in [2.75, 3.05) is 25.0 Å². The molecular formula is C17H28N4O2S2. The zero-order chi connectivity index (χ0) is 17.6. The smallest absolute Gasteiger partial charge is 0.309 e. The third-order valence-corrected chi connectivity index (χ3v) is 6.32. The van der Waals surface area contributed by atoms with Crippen LogP contribution in [0.2, 0.25) is 0 Å². The summed E-state index contributed by atoms with van der Waals surface area (Å²) in [6.45, 7) is 4.79. The fourth-order valence-electron chi connectivity index (χ4n) is 3.64. The number of hydrogen-bond donors (Lipinski definition) is 1. The standard InChI is InChI=1S/C17H28N4O2S2/c1-2-23-15(22)13-8-10-20(11-9-13)12-21-17(24)25-16(19-21)18-14-6-4-3-5-7-14/h13-14H,2-12H2,1H3,(H,18,19). The molecule has 0 spiro atoms. The maximum absolute atomic E-state index is 11.8. The summed E-state index contributed by atoms with van der Waals surface area (Å²) in [6, 6.07) is 0.545. The van der Waals surface area contributed by atoms with Gasteiger partial charge in [-0.2, -0.15) is 0 Å². The summed E-state index contributed by atoms with van der Waals surface area (Å²) >= 11 is 7.05. The van der Waals surface area contributed by atoms with Gasteiger partial charge in [-0.15, -0.1) is 5.10 Å². The van der Waals surface area contributed by atoms with Crippen molar-refractivity contribution >= 4 is 34.7 Å². The average Bonchev–Trinajstić information content (AvgIpc) is 2.96. The van der Waals surface area contributed by atoms with Gasteiger partial charge >= 0.3 is 5.97 Å². The van der Waals surface area contributed by atoms with Crippen molar-refractivity contribution in [3.05, 3.63) is 3.95 Å². The van der Waals surface area contributed by atoms with Gasteiger partial charge in [0, 0.05) is 19.1 Å². The molecule has 1 saturated carbocycles. The Morgan fingerprint density at radius 1 is 1.28 bits per heavy atom. The number of hydrogen-bond acceptors (Lipinski definition) is 7. The highest BCUT2D eigenvalue weighted by atomic mass is 32.1. The van der Waals surface area contributed by atoms with Crippen molar-refractivity contribution < 1.29 is 9.53 Å². The van der Waals surface area contributed by atoms with E-state index >= 15 is 0 Å². The molecule has 0 aromatic carbocycles. The Hall–Kier alpha value is -0.990. The van der Waals surface area contributed by atoms with Gasteiger partial charge in [-0.1, -0.05) is 30.6 Å². The molecule has 1 aliphatic heterocycles. The molecule has 6 nitrogen and oxygen atoms in total. The second kappa shape index (κ2) is 9.09. The molecule has 2 aliphatic rings. The molecule has 1 aromatic heterocycles. The van der Waals surface area contributed by atoms with Crippen LogP contribution < -0.4 is 5.32 Å². The van der Waals surface area contributed by atoms with Crippen LogP contribution in [0.4, 0.5) is 5.13 Å². The van der Waals surface area contributed by atoms with Crippen LogP contribution in [0.3, 0.4) is 0 Å². The Balaban J connectivity index is 1.50. The number of nitrogens with one attached hydrogen (secondary N) is 1. The van der Waals surface area contributed by atoms with Crippen LogP contribution in [-0.2, 0) is 16.2 Å². The molecule has 0 bridgehead atoms. The molecule has 140 valence electrons. The van der Waals surface area contributed by atoms with E-state index in [2.05, 4.69) is 15.3 Å². The van der Waals surface area contributed by atoms with Gasteiger partial charge in [0.2, 0.25) is 5.13 Å². The molecule has 25 heavy (non-hydrogen) atoms. The largest absolute Gasteiger partial charge is 0.466 e. The third kappa shape index (κ3) is 5.24. The van der Waals surface area contributed by atoms with Gasteiger partial charge < -0.3 is 10.1 Å². The van der Waals surface area contributed by atoms with Crippen LogP contribution in [0.15, 0.2) is 0 Å². The molecule has 2 fully saturated rings. The maximum Gasteiger partial charge on any atom is 0.309 e. The van der Waals surface area contributed by atoms with E-state index in [9.17, 15) is 4.79 Å². The number of anilines is 1. The first-order valence-corrected chi connectivity index (χ1v) is 10.6. The number of esters is 1. The Kier molecular flexibility index (Phi) is 6.84. The summed E-state index contributed by atoms with van der Waals surface area (Å²) in [5.41, 5.74) is 0. The van der Waals surface area contributed by atoms with Crippen LogP contribution in [0, 0.1) is 9.87 Å². The fourth-order valence-corrected chi connectivity index (χ4v) is 4.70. The van der Waals surface area contributed by atoms with Crippen LogP contribution in [0.1, 0.15) is 51.9 Å². The highest BCUT2D eigenvalue weighted by Crippen LogP contribution is 2.24. The average molecular weight is 385 g/mol. The Morgan fingerprint density at radius 3 is 2.68 bits per heavy atom. The zero-order valence-electron chi connectivity index (χ0n) is 14.9. The van der Waals surface area contributed by atoms with Crippen LogP contribution >= 0.6 is 23.6 Å². The van der Waals surface area contributed by atoms with Crippen molar-refractivity contribution in [1.29, 1.82) is 0 Å². The van der Waals surface area contributed by atoms with Gasteiger partial charge in [0.15, 0.2) is 3.95 Å². The third-order valence-electron chi connectivity index (χ3n) is 5.08. The quantitative estimate of drug-likeness (QED) is 0.597. The van der Waals surface area contributed by atoms with E-state index < -0.39 is 0 Å². The van der Waals surface area contributed by atoms with Crippen molar-refractivity contribution in [2.45, 2.75) is 64.6 Å². The van der Waals surface area contributed by atoms with Crippen molar-refractivity contribution in [2.24, 2.45) is 5.92 Å². The molecule has 3 rings (SSSR count). The van der Waals surface area contributed by atoms with Crippen molar-refractivity contribution in [1.82, 2.24) is 14.7 Å². The van der Waals surface area contributed by atoms with Gasteiger partial charge in [-0.25, -0.2) is 4.68 Å². The molecule has 1 aromatic rings. The van der Waals surface area contributed by atoms with Crippen molar-refractivity contribution in [3.63, 3.8) is 0 Å². The first kappa shape index (κ1) is 18.8. The molecule has 1 saturated heterocycles. The van der Waals surface area contributed by atoms with Crippen LogP contribution in [-0.4, -0.2) is 46.4 Å². The van der Waals surface area contributed by atoms with Gasteiger partial charge in [-0.05, 0) is 44.8 Å². The number of aromatic nitrogens is 2. The van der Waals surface area contributed by atoms with E-state index in [-0.39, 0.29) is 11.9 Å². The van der Waals surface area contributed by atoms with E-state index in [0.717, 1.165) is 35.0 Å². The van der Waals surface area contributed by atoms with Gasteiger partial charge in [-0.3, -0.25) is 9.69 Å². The SMILES string of the molecule is CCOC(=O)C1CCN(Cn2nc(NC3CCCCC3)sc2=S)CC1. The van der Waals surface area contributed by atoms with E-state index in [1.54, 1.807) is 11.3 Å². The van der Waals surface area contributed by atoms with Crippen LogP contribution in [0.5, 0.6) is 0 Å². The summed E-state index contributed by atoms with van der Waals surface area (Å²) in [4.78, 5) is 14.1. The molecular weight excluding hydrogens is 356 g/mol. The molecule has 0 atom stereocenters. The first-order valence-electron chi connectivity index (χ1n) is 9.39.